The van der Waals surface area contributed by atoms with Crippen molar-refractivity contribution in [1.29, 1.82) is 0 Å². The maximum absolute atomic E-state index is 13.4. The van der Waals surface area contributed by atoms with Crippen LogP contribution in [0.1, 0.15) is 35.6 Å². The van der Waals surface area contributed by atoms with Gasteiger partial charge in [-0.3, -0.25) is 14.3 Å². The minimum atomic E-state index is 0.0674. The quantitative estimate of drug-likeness (QED) is 0.199. The van der Waals surface area contributed by atoms with E-state index in [1.54, 1.807) is 47.2 Å². The van der Waals surface area contributed by atoms with Crippen molar-refractivity contribution in [3.05, 3.63) is 51.2 Å². The lowest BCUT2D eigenvalue weighted by Gasteiger charge is -2.13. The molecule has 4 aromatic heterocycles. The molecule has 1 aliphatic carbocycles. The van der Waals surface area contributed by atoms with E-state index in [0.717, 1.165) is 52.4 Å². The Kier molecular flexibility index (Phi) is 6.84. The molecule has 0 aromatic carbocycles. The molecule has 0 bridgehead atoms. The Bertz CT molecular complexity index is 1300. The summed E-state index contributed by atoms with van der Waals surface area (Å²) in [4.78, 5) is 29.0. The number of thioether (sulfide) groups is 1. The van der Waals surface area contributed by atoms with Gasteiger partial charge in [0.25, 0.3) is 5.56 Å². The third-order valence-corrected chi connectivity index (χ3v) is 7.98. The van der Waals surface area contributed by atoms with Gasteiger partial charge in [0.05, 0.1) is 18.5 Å². The lowest BCUT2D eigenvalue weighted by atomic mass is 9.97. The van der Waals surface area contributed by atoms with Gasteiger partial charge >= 0.3 is 0 Å². The molecule has 0 radical (unpaired) electrons. The van der Waals surface area contributed by atoms with Crippen LogP contribution >= 0.6 is 23.1 Å². The molecule has 8 nitrogen and oxygen atoms in total. The molecule has 4 aromatic rings. The van der Waals surface area contributed by atoms with Crippen molar-refractivity contribution in [2.75, 3.05) is 19.5 Å². The zero-order chi connectivity index (χ0) is 22.6. The van der Waals surface area contributed by atoms with Gasteiger partial charge in [0.2, 0.25) is 11.7 Å². The molecule has 33 heavy (non-hydrogen) atoms. The molecular formula is C23H25N5O3S2. The molecule has 0 spiro atoms. The van der Waals surface area contributed by atoms with Crippen LogP contribution < -0.4 is 5.56 Å². The molecule has 0 fully saturated rings. The molecule has 172 valence electrons. The zero-order valence-corrected chi connectivity index (χ0v) is 20.1. The van der Waals surface area contributed by atoms with Gasteiger partial charge in [0, 0.05) is 42.1 Å². The monoisotopic (exact) mass is 483 g/mol. The van der Waals surface area contributed by atoms with Gasteiger partial charge in [0.1, 0.15) is 4.83 Å². The molecule has 10 heteroatoms. The van der Waals surface area contributed by atoms with Crippen LogP contribution in [-0.4, -0.2) is 44.1 Å². The first-order chi connectivity index (χ1) is 16.2. The summed E-state index contributed by atoms with van der Waals surface area (Å²) in [5, 5.41) is 5.64. The fourth-order valence-electron chi connectivity index (χ4n) is 4.07. The van der Waals surface area contributed by atoms with E-state index < -0.39 is 0 Å². The van der Waals surface area contributed by atoms with Gasteiger partial charge in [-0.2, -0.15) is 4.98 Å². The number of hydrogen-bond donors (Lipinski definition) is 0. The molecule has 0 atom stereocenters. The standard InChI is InChI=1S/C23H25N5O3S2/c1-30-13-12-28-22(29)19-16-5-2-3-6-17(16)33-21(19)26-23(28)32-14-4-7-18-25-20(27-31-18)15-8-10-24-11-9-15/h8-11H,2-7,12-14H2,1H3. The molecule has 4 heterocycles. The average Bonchev–Trinajstić information content (AvgIpc) is 3.47. The van der Waals surface area contributed by atoms with Gasteiger partial charge in [0.15, 0.2) is 5.16 Å². The normalized spacial score (nSPS) is 13.5. The Balaban J connectivity index is 1.30. The summed E-state index contributed by atoms with van der Waals surface area (Å²) in [6.07, 6.45) is 9.29. The first kappa shape index (κ1) is 22.2. The van der Waals surface area contributed by atoms with Crippen LogP contribution in [0.4, 0.5) is 0 Å². The molecule has 0 unspecified atom stereocenters. The lowest BCUT2D eigenvalue weighted by Crippen LogP contribution is -2.25. The van der Waals surface area contributed by atoms with E-state index in [1.807, 2.05) is 12.1 Å². The maximum Gasteiger partial charge on any atom is 0.263 e. The number of rotatable bonds is 9. The Labute approximate surface area is 199 Å². The van der Waals surface area contributed by atoms with E-state index in [-0.39, 0.29) is 5.56 Å². The van der Waals surface area contributed by atoms with Crippen molar-refractivity contribution in [2.45, 2.75) is 50.2 Å². The highest BCUT2D eigenvalue weighted by molar-refractivity contribution is 7.99. The van der Waals surface area contributed by atoms with Crippen LogP contribution in [0.2, 0.25) is 0 Å². The van der Waals surface area contributed by atoms with E-state index in [0.29, 0.717) is 31.3 Å². The summed E-state index contributed by atoms with van der Waals surface area (Å²) in [7, 11) is 1.65. The van der Waals surface area contributed by atoms with Crippen molar-refractivity contribution in [3.8, 4) is 11.4 Å². The summed E-state index contributed by atoms with van der Waals surface area (Å²) >= 11 is 3.29. The Morgan fingerprint density at radius 1 is 1.21 bits per heavy atom. The maximum atomic E-state index is 13.4. The molecule has 0 aliphatic heterocycles. The second-order valence-electron chi connectivity index (χ2n) is 7.93. The zero-order valence-electron chi connectivity index (χ0n) is 18.5. The van der Waals surface area contributed by atoms with Crippen molar-refractivity contribution in [2.24, 2.45) is 0 Å². The van der Waals surface area contributed by atoms with Gasteiger partial charge in [-0.1, -0.05) is 16.9 Å². The highest BCUT2D eigenvalue weighted by Crippen LogP contribution is 2.34. The Morgan fingerprint density at radius 3 is 2.91 bits per heavy atom. The highest BCUT2D eigenvalue weighted by atomic mass is 32.2. The number of aryl methyl sites for hydroxylation is 3. The summed E-state index contributed by atoms with van der Waals surface area (Å²) < 4.78 is 12.4. The largest absolute Gasteiger partial charge is 0.383 e. The third kappa shape index (κ3) is 4.73. The van der Waals surface area contributed by atoms with Crippen molar-refractivity contribution in [3.63, 3.8) is 0 Å². The van der Waals surface area contributed by atoms with E-state index in [4.69, 9.17) is 14.2 Å². The Hall–Kier alpha value is -2.56. The highest BCUT2D eigenvalue weighted by Gasteiger charge is 2.22. The fourth-order valence-corrected chi connectivity index (χ4v) is 6.34. The number of ether oxygens (including phenoxy) is 1. The summed E-state index contributed by atoms with van der Waals surface area (Å²) in [5.41, 5.74) is 2.17. The molecule has 5 rings (SSSR count). The predicted octanol–water partition coefficient (Wildman–Crippen LogP) is 4.15. The van der Waals surface area contributed by atoms with Gasteiger partial charge in [-0.25, -0.2) is 4.98 Å². The summed E-state index contributed by atoms with van der Waals surface area (Å²) in [6, 6.07) is 3.71. The SMILES string of the molecule is COCCn1c(SCCCc2nc(-c3ccncc3)no2)nc2sc3c(c2c1=O)CCCC3. The van der Waals surface area contributed by atoms with E-state index in [1.165, 1.54) is 16.9 Å². The fraction of sp³-hybridized carbons (Fsp3) is 0.435. The molecule has 0 saturated carbocycles. The number of fused-ring (bicyclic) bond motifs is 3. The number of methoxy groups -OCH3 is 1. The number of pyridine rings is 1. The van der Waals surface area contributed by atoms with E-state index in [2.05, 4.69) is 15.1 Å². The smallest absolute Gasteiger partial charge is 0.263 e. The van der Waals surface area contributed by atoms with Crippen molar-refractivity contribution < 1.29 is 9.26 Å². The van der Waals surface area contributed by atoms with Crippen LogP contribution in [0.15, 0.2) is 39.0 Å². The molecular weight excluding hydrogens is 458 g/mol. The van der Waals surface area contributed by atoms with Crippen LogP contribution in [0.3, 0.4) is 0 Å². The number of aromatic nitrogens is 5. The summed E-state index contributed by atoms with van der Waals surface area (Å²) in [6.45, 7) is 0.983. The first-order valence-corrected chi connectivity index (χ1v) is 12.9. The van der Waals surface area contributed by atoms with Crippen LogP contribution in [0.5, 0.6) is 0 Å². The minimum absolute atomic E-state index is 0.0674. The lowest BCUT2D eigenvalue weighted by molar-refractivity contribution is 0.183. The first-order valence-electron chi connectivity index (χ1n) is 11.1. The molecule has 0 amide bonds. The summed E-state index contributed by atoms with van der Waals surface area (Å²) in [5.74, 6) is 1.97. The molecule has 0 N–H and O–H groups in total. The van der Waals surface area contributed by atoms with E-state index >= 15 is 0 Å². The van der Waals surface area contributed by atoms with Gasteiger partial charge < -0.3 is 9.26 Å². The predicted molar refractivity (Wildman–Crippen MR) is 129 cm³/mol. The third-order valence-electron chi connectivity index (χ3n) is 5.73. The van der Waals surface area contributed by atoms with Crippen LogP contribution in [0, 0.1) is 0 Å². The molecule has 0 saturated heterocycles. The topological polar surface area (TPSA) is 95.9 Å². The Morgan fingerprint density at radius 2 is 2.06 bits per heavy atom. The number of nitrogens with zero attached hydrogens (tertiary/aromatic N) is 5. The van der Waals surface area contributed by atoms with Gasteiger partial charge in [-0.05, 0) is 49.8 Å². The van der Waals surface area contributed by atoms with Gasteiger partial charge in [-0.15, -0.1) is 11.3 Å². The number of thiophene rings is 1. The van der Waals surface area contributed by atoms with Crippen LogP contribution in [-0.2, 0) is 30.5 Å². The minimum Gasteiger partial charge on any atom is -0.383 e. The number of hydrogen-bond acceptors (Lipinski definition) is 9. The van der Waals surface area contributed by atoms with Crippen molar-refractivity contribution >= 4 is 33.3 Å². The van der Waals surface area contributed by atoms with Crippen molar-refractivity contribution in [1.82, 2.24) is 24.7 Å². The van der Waals surface area contributed by atoms with Crippen LogP contribution in [0.25, 0.3) is 21.6 Å². The average molecular weight is 484 g/mol. The molecule has 1 aliphatic rings. The second kappa shape index (κ2) is 10.1. The second-order valence-corrected chi connectivity index (χ2v) is 10.1. The van der Waals surface area contributed by atoms with E-state index in [9.17, 15) is 4.79 Å².